The summed E-state index contributed by atoms with van der Waals surface area (Å²) in [5.41, 5.74) is 1.94. The molecule has 6 nitrogen and oxygen atoms in total. The minimum atomic E-state index is -0.275. The van der Waals surface area contributed by atoms with Crippen LogP contribution in [0.3, 0.4) is 0 Å². The molecule has 0 saturated carbocycles. The van der Waals surface area contributed by atoms with Crippen LogP contribution in [0.2, 0.25) is 0 Å². The summed E-state index contributed by atoms with van der Waals surface area (Å²) in [6.45, 7) is 0. The number of methoxy groups -OCH3 is 3. The van der Waals surface area contributed by atoms with Crippen LogP contribution in [0.1, 0.15) is 10.4 Å². The molecule has 28 heavy (non-hydrogen) atoms. The number of thiazole rings is 1. The molecular weight excluding hydrogens is 396 g/mol. The van der Waals surface area contributed by atoms with Crippen molar-refractivity contribution in [3.05, 3.63) is 47.3 Å². The summed E-state index contributed by atoms with van der Waals surface area (Å²) in [4.78, 5) is 18.2. The lowest BCUT2D eigenvalue weighted by Gasteiger charge is -2.09. The van der Waals surface area contributed by atoms with Gasteiger partial charge in [0.2, 0.25) is 0 Å². The molecule has 3 aromatic rings. The monoisotopic (exact) mass is 416 g/mol. The van der Waals surface area contributed by atoms with Crippen molar-refractivity contribution in [1.82, 2.24) is 4.98 Å². The zero-order chi connectivity index (χ0) is 20.1. The van der Waals surface area contributed by atoms with Crippen molar-refractivity contribution in [3.8, 4) is 28.5 Å². The predicted octanol–water partition coefficient (Wildman–Crippen LogP) is 4.81. The van der Waals surface area contributed by atoms with Gasteiger partial charge in [0, 0.05) is 15.8 Å². The molecule has 0 radical (unpaired) electrons. The maximum Gasteiger partial charge on any atom is 0.261 e. The van der Waals surface area contributed by atoms with E-state index >= 15 is 0 Å². The standard InChI is InChI=1S/C20H20N2O4S2/c1-24-12-5-8-17(25-2)15(9-12)16-11-28-20(21-16)22-19(23)14-7-6-13(27-4)10-18(14)26-3/h5-11H,1-4H3,(H,21,22,23). The highest BCUT2D eigenvalue weighted by Crippen LogP contribution is 2.35. The number of hydrogen-bond acceptors (Lipinski definition) is 7. The molecule has 0 aliphatic rings. The second kappa shape index (κ2) is 8.99. The average molecular weight is 417 g/mol. The molecule has 1 amide bonds. The van der Waals surface area contributed by atoms with Gasteiger partial charge in [0.1, 0.15) is 17.2 Å². The van der Waals surface area contributed by atoms with E-state index < -0.39 is 0 Å². The van der Waals surface area contributed by atoms with Crippen LogP contribution in [-0.2, 0) is 0 Å². The van der Waals surface area contributed by atoms with E-state index in [1.54, 1.807) is 39.2 Å². The number of ether oxygens (including phenoxy) is 3. The number of carbonyl (C=O) groups is 1. The minimum Gasteiger partial charge on any atom is -0.497 e. The van der Waals surface area contributed by atoms with Crippen molar-refractivity contribution in [1.29, 1.82) is 0 Å². The smallest absolute Gasteiger partial charge is 0.261 e. The number of amides is 1. The molecule has 0 bridgehead atoms. The lowest BCUT2D eigenvalue weighted by molar-refractivity contribution is 0.102. The van der Waals surface area contributed by atoms with Crippen molar-refractivity contribution in [2.24, 2.45) is 0 Å². The van der Waals surface area contributed by atoms with Crippen LogP contribution >= 0.6 is 23.1 Å². The van der Waals surface area contributed by atoms with Crippen molar-refractivity contribution >= 4 is 34.1 Å². The average Bonchev–Trinajstić information content (AvgIpc) is 3.20. The first-order valence-corrected chi connectivity index (χ1v) is 10.4. The summed E-state index contributed by atoms with van der Waals surface area (Å²) in [5, 5.41) is 5.19. The molecule has 0 atom stereocenters. The van der Waals surface area contributed by atoms with Gasteiger partial charge in [0.15, 0.2) is 5.13 Å². The number of nitrogens with one attached hydrogen (secondary N) is 1. The molecule has 0 aliphatic heterocycles. The normalized spacial score (nSPS) is 10.4. The Bertz CT molecular complexity index is 988. The van der Waals surface area contributed by atoms with Crippen LogP contribution in [0.25, 0.3) is 11.3 Å². The third-order valence-corrected chi connectivity index (χ3v) is 5.54. The number of nitrogens with zero attached hydrogens (tertiary/aromatic N) is 1. The Labute approximate surface area is 171 Å². The van der Waals surface area contributed by atoms with Gasteiger partial charge in [-0.3, -0.25) is 10.1 Å². The highest BCUT2D eigenvalue weighted by molar-refractivity contribution is 7.98. The fourth-order valence-electron chi connectivity index (χ4n) is 2.62. The second-order valence-corrected chi connectivity index (χ2v) is 7.36. The van der Waals surface area contributed by atoms with Gasteiger partial charge < -0.3 is 14.2 Å². The van der Waals surface area contributed by atoms with E-state index in [-0.39, 0.29) is 5.91 Å². The Kier molecular flexibility index (Phi) is 6.43. The summed E-state index contributed by atoms with van der Waals surface area (Å²) >= 11 is 2.92. The minimum absolute atomic E-state index is 0.275. The summed E-state index contributed by atoms with van der Waals surface area (Å²) in [7, 11) is 4.76. The first-order valence-electron chi connectivity index (χ1n) is 8.31. The van der Waals surface area contributed by atoms with Crippen molar-refractivity contribution in [3.63, 3.8) is 0 Å². The predicted molar refractivity (Wildman–Crippen MR) is 113 cm³/mol. The fourth-order valence-corrected chi connectivity index (χ4v) is 3.75. The van der Waals surface area contributed by atoms with Crippen LogP contribution in [0.5, 0.6) is 17.2 Å². The van der Waals surface area contributed by atoms with E-state index in [0.717, 1.165) is 10.5 Å². The molecule has 0 unspecified atom stereocenters. The number of rotatable bonds is 7. The van der Waals surface area contributed by atoms with Gasteiger partial charge in [-0.15, -0.1) is 23.1 Å². The third kappa shape index (κ3) is 4.23. The van der Waals surface area contributed by atoms with Gasteiger partial charge in [0.05, 0.1) is 32.6 Å². The molecule has 1 N–H and O–H groups in total. The third-order valence-electron chi connectivity index (χ3n) is 4.06. The quantitative estimate of drug-likeness (QED) is 0.558. The molecule has 8 heteroatoms. The van der Waals surface area contributed by atoms with Crippen LogP contribution in [-0.4, -0.2) is 38.5 Å². The molecule has 0 aliphatic carbocycles. The number of aromatic nitrogens is 1. The zero-order valence-corrected chi connectivity index (χ0v) is 17.6. The molecule has 3 rings (SSSR count). The summed E-state index contributed by atoms with van der Waals surface area (Å²) < 4.78 is 16.1. The topological polar surface area (TPSA) is 69.7 Å². The SMILES string of the molecule is COc1ccc(OC)c(-c2csc(NC(=O)c3ccc(SC)cc3OC)n2)c1. The number of carbonyl (C=O) groups excluding carboxylic acids is 1. The molecule has 1 aromatic heterocycles. The number of anilines is 1. The fraction of sp³-hybridized carbons (Fsp3) is 0.200. The van der Waals surface area contributed by atoms with Gasteiger partial charge in [-0.1, -0.05) is 0 Å². The van der Waals surface area contributed by atoms with Gasteiger partial charge in [-0.2, -0.15) is 0 Å². The first kappa shape index (κ1) is 20.0. The van der Waals surface area contributed by atoms with Crippen molar-refractivity contribution in [2.45, 2.75) is 4.90 Å². The van der Waals surface area contributed by atoms with Crippen molar-refractivity contribution < 1.29 is 19.0 Å². The van der Waals surface area contributed by atoms with Gasteiger partial charge in [0.25, 0.3) is 5.91 Å². The lowest BCUT2D eigenvalue weighted by Crippen LogP contribution is -2.13. The number of hydrogen-bond donors (Lipinski definition) is 1. The highest BCUT2D eigenvalue weighted by atomic mass is 32.2. The zero-order valence-electron chi connectivity index (χ0n) is 15.9. The molecular formula is C20H20N2O4S2. The summed E-state index contributed by atoms with van der Waals surface area (Å²) in [6.07, 6.45) is 1.97. The van der Waals surface area contributed by atoms with E-state index in [2.05, 4.69) is 10.3 Å². The largest absolute Gasteiger partial charge is 0.497 e. The molecule has 2 aromatic carbocycles. The van der Waals surface area contributed by atoms with E-state index in [4.69, 9.17) is 14.2 Å². The highest BCUT2D eigenvalue weighted by Gasteiger charge is 2.16. The first-order chi connectivity index (χ1) is 13.6. The van der Waals surface area contributed by atoms with E-state index in [1.807, 2.05) is 42.0 Å². The summed E-state index contributed by atoms with van der Waals surface area (Å²) in [5.74, 6) is 1.63. The molecule has 0 saturated heterocycles. The second-order valence-electron chi connectivity index (χ2n) is 5.62. The number of thioether (sulfide) groups is 1. The molecule has 1 heterocycles. The van der Waals surface area contributed by atoms with Crippen molar-refractivity contribution in [2.75, 3.05) is 32.9 Å². The van der Waals surface area contributed by atoms with Gasteiger partial charge in [-0.25, -0.2) is 4.98 Å². The number of benzene rings is 2. The van der Waals surface area contributed by atoms with Crippen LogP contribution in [0.15, 0.2) is 46.7 Å². The Morgan fingerprint density at radius 1 is 1.04 bits per heavy atom. The van der Waals surface area contributed by atoms with Crippen LogP contribution in [0.4, 0.5) is 5.13 Å². The molecule has 146 valence electrons. The Morgan fingerprint density at radius 2 is 1.82 bits per heavy atom. The Balaban J connectivity index is 1.85. The molecule has 0 fully saturated rings. The van der Waals surface area contributed by atoms with Gasteiger partial charge in [-0.05, 0) is 42.7 Å². The molecule has 0 spiro atoms. The van der Waals surface area contributed by atoms with Crippen LogP contribution in [0, 0.1) is 0 Å². The van der Waals surface area contributed by atoms with E-state index in [9.17, 15) is 4.79 Å². The van der Waals surface area contributed by atoms with E-state index in [1.165, 1.54) is 11.3 Å². The lowest BCUT2D eigenvalue weighted by atomic mass is 10.1. The van der Waals surface area contributed by atoms with E-state index in [0.29, 0.717) is 33.6 Å². The van der Waals surface area contributed by atoms with Gasteiger partial charge >= 0.3 is 0 Å². The summed E-state index contributed by atoms with van der Waals surface area (Å²) in [6, 6.07) is 11.0. The Morgan fingerprint density at radius 3 is 2.50 bits per heavy atom. The Hall–Kier alpha value is -2.71. The maximum atomic E-state index is 12.7. The van der Waals surface area contributed by atoms with Crippen LogP contribution < -0.4 is 19.5 Å². The maximum absolute atomic E-state index is 12.7.